The average molecular weight is 265 g/mol. The molecule has 17 heavy (non-hydrogen) atoms. The summed E-state index contributed by atoms with van der Waals surface area (Å²) in [6.07, 6.45) is 1.24. The molecule has 0 N–H and O–H groups in total. The predicted molar refractivity (Wildman–Crippen MR) is 70.6 cm³/mol. The van der Waals surface area contributed by atoms with Crippen molar-refractivity contribution >= 4 is 22.9 Å². The molecule has 2 aromatic rings. The second kappa shape index (κ2) is 4.39. The van der Waals surface area contributed by atoms with E-state index >= 15 is 0 Å². The van der Waals surface area contributed by atoms with Crippen LogP contribution in [-0.4, -0.2) is 10.2 Å². The van der Waals surface area contributed by atoms with Gasteiger partial charge in [0.05, 0.1) is 0 Å². The molecule has 0 aliphatic heterocycles. The SMILES string of the molecule is CC1CC1c1nnc(C(Cl)c2ccccc2)s1. The average Bonchev–Trinajstić information content (AvgIpc) is 2.92. The minimum atomic E-state index is -0.170. The molecule has 4 heteroatoms. The van der Waals surface area contributed by atoms with Gasteiger partial charge in [-0.15, -0.1) is 21.8 Å². The van der Waals surface area contributed by atoms with Crippen molar-refractivity contribution in [2.24, 2.45) is 5.92 Å². The van der Waals surface area contributed by atoms with Gasteiger partial charge in [-0.2, -0.15) is 0 Å². The molecule has 0 amide bonds. The smallest absolute Gasteiger partial charge is 0.139 e. The van der Waals surface area contributed by atoms with Crippen LogP contribution in [0, 0.1) is 5.92 Å². The van der Waals surface area contributed by atoms with Gasteiger partial charge >= 0.3 is 0 Å². The highest BCUT2D eigenvalue weighted by Gasteiger charge is 2.37. The summed E-state index contributed by atoms with van der Waals surface area (Å²) < 4.78 is 0. The zero-order valence-electron chi connectivity index (χ0n) is 9.51. The van der Waals surface area contributed by atoms with E-state index < -0.39 is 0 Å². The quantitative estimate of drug-likeness (QED) is 0.784. The Morgan fingerprint density at radius 3 is 2.65 bits per heavy atom. The Balaban J connectivity index is 1.82. The van der Waals surface area contributed by atoms with Crippen molar-refractivity contribution in [1.82, 2.24) is 10.2 Å². The molecule has 3 unspecified atom stereocenters. The predicted octanol–water partition coefficient (Wildman–Crippen LogP) is 3.99. The number of halogens is 1. The zero-order valence-corrected chi connectivity index (χ0v) is 11.1. The summed E-state index contributed by atoms with van der Waals surface area (Å²) in [5.41, 5.74) is 1.08. The number of hydrogen-bond acceptors (Lipinski definition) is 3. The van der Waals surface area contributed by atoms with E-state index in [4.69, 9.17) is 11.6 Å². The van der Waals surface area contributed by atoms with E-state index in [-0.39, 0.29) is 5.38 Å². The fourth-order valence-corrected chi connectivity index (χ4v) is 3.35. The van der Waals surface area contributed by atoms with E-state index in [1.54, 1.807) is 11.3 Å². The molecule has 1 saturated carbocycles. The van der Waals surface area contributed by atoms with Gasteiger partial charge in [0.15, 0.2) is 0 Å². The van der Waals surface area contributed by atoms with Crippen molar-refractivity contribution in [3.05, 3.63) is 45.9 Å². The molecule has 3 rings (SSSR count). The third-order valence-corrected chi connectivity index (χ3v) is 4.90. The maximum atomic E-state index is 6.41. The Morgan fingerprint density at radius 2 is 2.00 bits per heavy atom. The van der Waals surface area contributed by atoms with E-state index in [1.807, 2.05) is 30.3 Å². The first-order valence-electron chi connectivity index (χ1n) is 5.78. The summed E-state index contributed by atoms with van der Waals surface area (Å²) in [6.45, 7) is 2.25. The lowest BCUT2D eigenvalue weighted by Crippen LogP contribution is -1.91. The molecule has 1 fully saturated rings. The van der Waals surface area contributed by atoms with Gasteiger partial charge in [-0.3, -0.25) is 0 Å². The summed E-state index contributed by atoms with van der Waals surface area (Å²) in [5, 5.41) is 10.4. The molecule has 1 aliphatic carbocycles. The molecule has 1 aromatic carbocycles. The first-order chi connectivity index (χ1) is 8.25. The van der Waals surface area contributed by atoms with Crippen LogP contribution in [0.25, 0.3) is 0 Å². The van der Waals surface area contributed by atoms with Crippen molar-refractivity contribution in [1.29, 1.82) is 0 Å². The molecular formula is C13H13ClN2S. The number of aromatic nitrogens is 2. The van der Waals surface area contributed by atoms with E-state index in [0.29, 0.717) is 5.92 Å². The molecule has 0 saturated heterocycles. The maximum absolute atomic E-state index is 6.41. The van der Waals surface area contributed by atoms with Gasteiger partial charge in [-0.25, -0.2) is 0 Å². The Kier molecular flexibility index (Phi) is 2.89. The third kappa shape index (κ3) is 2.22. The summed E-state index contributed by atoms with van der Waals surface area (Å²) >= 11 is 8.07. The van der Waals surface area contributed by atoms with Crippen molar-refractivity contribution < 1.29 is 0 Å². The van der Waals surface area contributed by atoms with Gasteiger partial charge < -0.3 is 0 Å². The second-order valence-electron chi connectivity index (χ2n) is 4.57. The number of benzene rings is 1. The van der Waals surface area contributed by atoms with Crippen LogP contribution in [0.15, 0.2) is 30.3 Å². The molecule has 1 aromatic heterocycles. The van der Waals surface area contributed by atoms with E-state index in [0.717, 1.165) is 21.5 Å². The van der Waals surface area contributed by atoms with Crippen LogP contribution >= 0.6 is 22.9 Å². The van der Waals surface area contributed by atoms with Crippen molar-refractivity contribution in [2.75, 3.05) is 0 Å². The highest BCUT2D eigenvalue weighted by Crippen LogP contribution is 2.48. The monoisotopic (exact) mass is 264 g/mol. The van der Waals surface area contributed by atoms with Gasteiger partial charge in [0.25, 0.3) is 0 Å². The summed E-state index contributed by atoms with van der Waals surface area (Å²) in [7, 11) is 0. The van der Waals surface area contributed by atoms with Crippen LogP contribution in [0.4, 0.5) is 0 Å². The number of hydrogen-bond donors (Lipinski definition) is 0. The van der Waals surface area contributed by atoms with Crippen LogP contribution in [0.2, 0.25) is 0 Å². The fraction of sp³-hybridized carbons (Fsp3) is 0.385. The Hall–Kier alpha value is -0.930. The van der Waals surface area contributed by atoms with Crippen molar-refractivity contribution in [3.8, 4) is 0 Å². The minimum absolute atomic E-state index is 0.170. The van der Waals surface area contributed by atoms with E-state index in [2.05, 4.69) is 17.1 Å². The number of rotatable bonds is 3. The second-order valence-corrected chi connectivity index (χ2v) is 6.05. The highest BCUT2D eigenvalue weighted by atomic mass is 35.5. The first-order valence-corrected chi connectivity index (χ1v) is 7.03. The fourth-order valence-electron chi connectivity index (χ4n) is 1.93. The van der Waals surface area contributed by atoms with E-state index in [9.17, 15) is 0 Å². The molecule has 3 atom stereocenters. The summed E-state index contributed by atoms with van der Waals surface area (Å²) in [6, 6.07) is 10.0. The standard InChI is InChI=1S/C13H13ClN2S/c1-8-7-10(8)12-15-16-13(17-12)11(14)9-5-3-2-4-6-9/h2-6,8,10-11H,7H2,1H3. The van der Waals surface area contributed by atoms with Crippen LogP contribution in [0.3, 0.4) is 0 Å². The molecule has 0 bridgehead atoms. The Labute approximate surface area is 110 Å². The van der Waals surface area contributed by atoms with Gasteiger partial charge in [-0.1, -0.05) is 48.6 Å². The van der Waals surface area contributed by atoms with Crippen LogP contribution < -0.4 is 0 Å². The summed E-state index contributed by atoms with van der Waals surface area (Å²) in [5.74, 6) is 1.39. The number of nitrogens with zero attached hydrogens (tertiary/aromatic N) is 2. The lowest BCUT2D eigenvalue weighted by Gasteiger charge is -2.04. The van der Waals surface area contributed by atoms with E-state index in [1.165, 1.54) is 6.42 Å². The zero-order chi connectivity index (χ0) is 11.8. The number of alkyl halides is 1. The van der Waals surface area contributed by atoms with Crippen LogP contribution in [0.5, 0.6) is 0 Å². The normalized spacial score (nSPS) is 24.6. The van der Waals surface area contributed by atoms with Crippen molar-refractivity contribution in [2.45, 2.75) is 24.6 Å². The molecule has 1 aliphatic rings. The molecule has 88 valence electrons. The third-order valence-electron chi connectivity index (χ3n) is 3.19. The molecule has 2 nitrogen and oxygen atoms in total. The van der Waals surface area contributed by atoms with Crippen molar-refractivity contribution in [3.63, 3.8) is 0 Å². The highest BCUT2D eigenvalue weighted by molar-refractivity contribution is 7.11. The molecule has 1 heterocycles. The largest absolute Gasteiger partial charge is 0.143 e. The molecular weight excluding hydrogens is 252 g/mol. The first kappa shape index (κ1) is 11.2. The van der Waals surface area contributed by atoms with Gasteiger partial charge in [-0.05, 0) is 17.9 Å². The lowest BCUT2D eigenvalue weighted by atomic mass is 10.1. The van der Waals surface area contributed by atoms with Gasteiger partial charge in [0.1, 0.15) is 15.4 Å². The van der Waals surface area contributed by atoms with Crippen LogP contribution in [0.1, 0.15) is 40.2 Å². The summed E-state index contributed by atoms with van der Waals surface area (Å²) in [4.78, 5) is 0. The lowest BCUT2D eigenvalue weighted by molar-refractivity contribution is 0.871. The van der Waals surface area contributed by atoms with Gasteiger partial charge in [0, 0.05) is 5.92 Å². The maximum Gasteiger partial charge on any atom is 0.139 e. The topological polar surface area (TPSA) is 25.8 Å². The minimum Gasteiger partial charge on any atom is -0.143 e. The van der Waals surface area contributed by atoms with Crippen LogP contribution in [-0.2, 0) is 0 Å². The molecule has 0 spiro atoms. The molecule has 0 radical (unpaired) electrons. The Bertz CT molecular complexity index is 511. The van der Waals surface area contributed by atoms with Gasteiger partial charge in [0.2, 0.25) is 0 Å². The Morgan fingerprint density at radius 1 is 1.29 bits per heavy atom.